The molecule has 0 aliphatic heterocycles. The molecule has 6 nitrogen and oxygen atoms in total. The highest BCUT2D eigenvalue weighted by Crippen LogP contribution is 2.26. The van der Waals surface area contributed by atoms with Gasteiger partial charge in [0.25, 0.3) is 5.89 Å². The van der Waals surface area contributed by atoms with Gasteiger partial charge in [-0.25, -0.2) is 4.79 Å². The summed E-state index contributed by atoms with van der Waals surface area (Å²) >= 11 is 5.80. The lowest BCUT2D eigenvalue weighted by molar-refractivity contribution is 0.0691. The number of rotatable bonds is 4. The van der Waals surface area contributed by atoms with Crippen LogP contribution in [0.25, 0.3) is 0 Å². The van der Waals surface area contributed by atoms with Gasteiger partial charge in [-0.3, -0.25) is 0 Å². The topological polar surface area (TPSA) is 85.5 Å². The van der Waals surface area contributed by atoms with Gasteiger partial charge in [0.2, 0.25) is 5.89 Å². The van der Waals surface area contributed by atoms with E-state index in [1.807, 2.05) is 0 Å². The summed E-state index contributed by atoms with van der Waals surface area (Å²) in [7, 11) is 0. The Balaban J connectivity index is 2.19. The highest BCUT2D eigenvalue weighted by molar-refractivity contribution is 6.33. The Hall–Kier alpha value is -2.08. The SMILES string of the molecule is Cc1nnc(COc2cccc(Cl)c2C(=O)O)o1. The van der Waals surface area contributed by atoms with Crippen LogP contribution in [0.1, 0.15) is 22.1 Å². The Morgan fingerprint density at radius 2 is 2.28 bits per heavy atom. The Labute approximate surface area is 107 Å². The molecule has 0 amide bonds. The van der Waals surface area contributed by atoms with Crippen molar-refractivity contribution in [1.29, 1.82) is 0 Å². The number of carboxylic acids is 1. The maximum Gasteiger partial charge on any atom is 0.341 e. The van der Waals surface area contributed by atoms with Crippen molar-refractivity contribution in [2.24, 2.45) is 0 Å². The van der Waals surface area contributed by atoms with Crippen molar-refractivity contribution in [3.63, 3.8) is 0 Å². The molecule has 0 fully saturated rings. The van der Waals surface area contributed by atoms with Gasteiger partial charge in [0.1, 0.15) is 11.3 Å². The molecule has 0 radical (unpaired) electrons. The summed E-state index contributed by atoms with van der Waals surface area (Å²) < 4.78 is 10.4. The summed E-state index contributed by atoms with van der Waals surface area (Å²) in [6, 6.07) is 4.59. The van der Waals surface area contributed by atoms with E-state index in [9.17, 15) is 4.79 Å². The van der Waals surface area contributed by atoms with Crippen LogP contribution in [0.3, 0.4) is 0 Å². The lowest BCUT2D eigenvalue weighted by Crippen LogP contribution is -2.04. The molecule has 0 aliphatic carbocycles. The zero-order valence-corrected chi connectivity index (χ0v) is 10.1. The molecule has 7 heteroatoms. The first-order valence-electron chi connectivity index (χ1n) is 5.01. The quantitative estimate of drug-likeness (QED) is 0.916. The number of aromatic nitrogens is 2. The normalized spacial score (nSPS) is 10.3. The smallest absolute Gasteiger partial charge is 0.341 e. The molecule has 0 spiro atoms. The van der Waals surface area contributed by atoms with E-state index in [2.05, 4.69) is 10.2 Å². The molecule has 2 rings (SSSR count). The van der Waals surface area contributed by atoms with Crippen molar-refractivity contribution in [3.8, 4) is 5.75 Å². The molecule has 0 bridgehead atoms. The van der Waals surface area contributed by atoms with E-state index in [4.69, 9.17) is 25.9 Å². The minimum absolute atomic E-state index is 0.0124. The minimum Gasteiger partial charge on any atom is -0.483 e. The van der Waals surface area contributed by atoms with Gasteiger partial charge in [0, 0.05) is 6.92 Å². The van der Waals surface area contributed by atoms with Gasteiger partial charge in [-0.05, 0) is 12.1 Å². The summed E-state index contributed by atoms with van der Waals surface area (Å²) in [5.41, 5.74) is -0.0876. The van der Waals surface area contributed by atoms with E-state index in [1.54, 1.807) is 13.0 Å². The predicted octanol–water partition coefficient (Wildman–Crippen LogP) is 2.31. The largest absolute Gasteiger partial charge is 0.483 e. The van der Waals surface area contributed by atoms with E-state index in [0.717, 1.165) is 0 Å². The third-order valence-electron chi connectivity index (χ3n) is 2.11. The number of carboxylic acid groups (broad SMARTS) is 1. The second-order valence-corrected chi connectivity index (χ2v) is 3.83. The van der Waals surface area contributed by atoms with Crippen LogP contribution in [-0.2, 0) is 6.61 Å². The summed E-state index contributed by atoms with van der Waals surface area (Å²) in [6.45, 7) is 1.64. The van der Waals surface area contributed by atoms with Crippen LogP contribution < -0.4 is 4.74 Å². The Morgan fingerprint density at radius 1 is 1.50 bits per heavy atom. The van der Waals surface area contributed by atoms with E-state index in [1.165, 1.54) is 12.1 Å². The van der Waals surface area contributed by atoms with Crippen LogP contribution in [0.2, 0.25) is 5.02 Å². The summed E-state index contributed by atoms with van der Waals surface area (Å²) in [5, 5.41) is 16.5. The van der Waals surface area contributed by atoms with Crippen molar-refractivity contribution >= 4 is 17.6 Å². The molecule has 0 saturated heterocycles. The molecule has 0 saturated carbocycles. The predicted molar refractivity (Wildman–Crippen MR) is 61.8 cm³/mol. The zero-order valence-electron chi connectivity index (χ0n) is 9.38. The number of ether oxygens (including phenoxy) is 1. The molecule has 1 aromatic carbocycles. The maximum atomic E-state index is 11.0. The van der Waals surface area contributed by atoms with Gasteiger partial charge >= 0.3 is 5.97 Å². The number of carbonyl (C=O) groups is 1. The summed E-state index contributed by atoms with van der Waals surface area (Å²) in [6.07, 6.45) is 0. The fourth-order valence-electron chi connectivity index (χ4n) is 1.37. The molecule has 2 aromatic rings. The molecular formula is C11H9ClN2O4. The number of nitrogens with zero attached hydrogens (tertiary/aromatic N) is 2. The molecule has 1 N–H and O–H groups in total. The van der Waals surface area contributed by atoms with Crippen molar-refractivity contribution in [1.82, 2.24) is 10.2 Å². The molecule has 1 aromatic heterocycles. The lowest BCUT2D eigenvalue weighted by Gasteiger charge is -2.08. The highest BCUT2D eigenvalue weighted by atomic mass is 35.5. The van der Waals surface area contributed by atoms with Gasteiger partial charge in [-0.1, -0.05) is 17.7 Å². The second kappa shape index (κ2) is 5.05. The average molecular weight is 269 g/mol. The molecule has 0 atom stereocenters. The van der Waals surface area contributed by atoms with Crippen molar-refractivity contribution in [3.05, 3.63) is 40.6 Å². The van der Waals surface area contributed by atoms with Crippen LogP contribution in [0.5, 0.6) is 5.75 Å². The average Bonchev–Trinajstić information content (AvgIpc) is 2.72. The van der Waals surface area contributed by atoms with Crippen LogP contribution in [0, 0.1) is 6.92 Å². The third kappa shape index (κ3) is 2.60. The fraction of sp³-hybridized carbons (Fsp3) is 0.182. The van der Waals surface area contributed by atoms with Gasteiger partial charge < -0.3 is 14.3 Å². The highest BCUT2D eigenvalue weighted by Gasteiger charge is 2.16. The van der Waals surface area contributed by atoms with E-state index in [-0.39, 0.29) is 28.8 Å². The van der Waals surface area contributed by atoms with Crippen molar-refractivity contribution < 1.29 is 19.1 Å². The Bertz CT molecular complexity index is 582. The van der Waals surface area contributed by atoms with Gasteiger partial charge in [0.15, 0.2) is 6.61 Å². The standard InChI is InChI=1S/C11H9ClN2O4/c1-6-13-14-9(18-6)5-17-8-4-2-3-7(12)10(8)11(15)16/h2-4H,5H2,1H3,(H,15,16). The molecule has 0 unspecified atom stereocenters. The van der Waals surface area contributed by atoms with E-state index < -0.39 is 5.97 Å². The summed E-state index contributed by atoms with van der Waals surface area (Å²) in [4.78, 5) is 11.0. The number of aromatic carboxylic acids is 1. The Kier molecular flexibility index (Phi) is 3.47. The maximum absolute atomic E-state index is 11.0. The number of aryl methyl sites for hydroxylation is 1. The van der Waals surface area contributed by atoms with Crippen LogP contribution in [-0.4, -0.2) is 21.3 Å². The summed E-state index contributed by atoms with van der Waals surface area (Å²) in [5.74, 6) is -0.315. The molecule has 0 aliphatic rings. The first-order chi connectivity index (χ1) is 8.58. The van der Waals surface area contributed by atoms with Gasteiger partial charge in [-0.2, -0.15) is 0 Å². The minimum atomic E-state index is -1.16. The monoisotopic (exact) mass is 268 g/mol. The van der Waals surface area contributed by atoms with E-state index >= 15 is 0 Å². The number of hydrogen-bond acceptors (Lipinski definition) is 5. The number of hydrogen-bond donors (Lipinski definition) is 1. The Morgan fingerprint density at radius 3 is 2.89 bits per heavy atom. The van der Waals surface area contributed by atoms with Gasteiger partial charge in [-0.15, -0.1) is 10.2 Å². The first kappa shape index (κ1) is 12.4. The fourth-order valence-corrected chi connectivity index (χ4v) is 1.61. The van der Waals surface area contributed by atoms with Crippen molar-refractivity contribution in [2.75, 3.05) is 0 Å². The molecular weight excluding hydrogens is 260 g/mol. The molecule has 1 heterocycles. The zero-order chi connectivity index (χ0) is 13.1. The first-order valence-corrected chi connectivity index (χ1v) is 5.39. The number of benzene rings is 1. The number of halogens is 1. The van der Waals surface area contributed by atoms with Crippen molar-refractivity contribution in [2.45, 2.75) is 13.5 Å². The van der Waals surface area contributed by atoms with Crippen LogP contribution >= 0.6 is 11.6 Å². The molecule has 18 heavy (non-hydrogen) atoms. The lowest BCUT2D eigenvalue weighted by atomic mass is 10.2. The molecule has 94 valence electrons. The second-order valence-electron chi connectivity index (χ2n) is 3.42. The third-order valence-corrected chi connectivity index (χ3v) is 2.42. The van der Waals surface area contributed by atoms with E-state index in [0.29, 0.717) is 5.89 Å². The van der Waals surface area contributed by atoms with Crippen LogP contribution in [0.4, 0.5) is 0 Å². The van der Waals surface area contributed by atoms with Crippen LogP contribution in [0.15, 0.2) is 22.6 Å². The van der Waals surface area contributed by atoms with Gasteiger partial charge in [0.05, 0.1) is 5.02 Å².